The summed E-state index contributed by atoms with van der Waals surface area (Å²) in [7, 11) is 1.33. The van der Waals surface area contributed by atoms with Crippen molar-refractivity contribution < 1.29 is 14.3 Å². The predicted octanol–water partition coefficient (Wildman–Crippen LogP) is 1.47. The first kappa shape index (κ1) is 11.7. The molecule has 1 N–H and O–H groups in total. The Labute approximate surface area is 88.8 Å². The van der Waals surface area contributed by atoms with Gasteiger partial charge in [0, 0.05) is 6.61 Å². The molecule has 0 spiro atoms. The molecule has 5 nitrogen and oxygen atoms in total. The Morgan fingerprint density at radius 1 is 1.60 bits per heavy atom. The van der Waals surface area contributed by atoms with Crippen LogP contribution in [0.5, 0.6) is 0 Å². The fourth-order valence-corrected chi connectivity index (χ4v) is 1.27. The van der Waals surface area contributed by atoms with Crippen molar-refractivity contribution in [2.75, 3.05) is 13.7 Å². The van der Waals surface area contributed by atoms with Crippen molar-refractivity contribution in [2.24, 2.45) is 0 Å². The standard InChI is InChI=1S/C10H16N2O3/c1-5-15-10(2,3)9-11-6-7(12-9)8(13)14-4/h6H,5H2,1-4H3,(H,11,12). The van der Waals surface area contributed by atoms with Gasteiger partial charge in [0.2, 0.25) is 0 Å². The summed E-state index contributed by atoms with van der Waals surface area (Å²) < 4.78 is 10.1. The number of methoxy groups -OCH3 is 1. The van der Waals surface area contributed by atoms with Crippen LogP contribution in [0.2, 0.25) is 0 Å². The number of carbonyl (C=O) groups excluding carboxylic acids is 1. The summed E-state index contributed by atoms with van der Waals surface area (Å²) in [5.74, 6) is 0.186. The lowest BCUT2D eigenvalue weighted by molar-refractivity contribution is -0.0202. The SMILES string of the molecule is CCOC(C)(C)c1ncc(C(=O)OC)[nH]1. The molecular weight excluding hydrogens is 196 g/mol. The van der Waals surface area contributed by atoms with E-state index in [2.05, 4.69) is 14.7 Å². The van der Waals surface area contributed by atoms with Gasteiger partial charge in [-0.3, -0.25) is 0 Å². The van der Waals surface area contributed by atoms with Crippen molar-refractivity contribution in [3.8, 4) is 0 Å². The maximum absolute atomic E-state index is 11.2. The quantitative estimate of drug-likeness (QED) is 0.767. The van der Waals surface area contributed by atoms with Crippen LogP contribution in [0, 0.1) is 0 Å². The molecule has 84 valence electrons. The Balaban J connectivity index is 2.88. The Morgan fingerprint density at radius 2 is 2.27 bits per heavy atom. The van der Waals surface area contributed by atoms with E-state index in [9.17, 15) is 4.79 Å². The van der Waals surface area contributed by atoms with Gasteiger partial charge in [0.25, 0.3) is 0 Å². The lowest BCUT2D eigenvalue weighted by atomic mass is 10.1. The van der Waals surface area contributed by atoms with Gasteiger partial charge in [0.15, 0.2) is 0 Å². The van der Waals surface area contributed by atoms with Crippen molar-refractivity contribution in [1.29, 1.82) is 0 Å². The number of nitrogens with one attached hydrogen (secondary N) is 1. The molecule has 1 aromatic rings. The molecule has 0 saturated heterocycles. The molecule has 15 heavy (non-hydrogen) atoms. The molecule has 0 saturated carbocycles. The smallest absolute Gasteiger partial charge is 0.356 e. The highest BCUT2D eigenvalue weighted by atomic mass is 16.5. The molecule has 5 heteroatoms. The fourth-order valence-electron chi connectivity index (χ4n) is 1.27. The highest BCUT2D eigenvalue weighted by Gasteiger charge is 2.25. The third-order valence-electron chi connectivity index (χ3n) is 2.06. The van der Waals surface area contributed by atoms with E-state index in [1.165, 1.54) is 13.3 Å². The molecule has 0 aromatic carbocycles. The Bertz CT molecular complexity index is 344. The van der Waals surface area contributed by atoms with Crippen LogP contribution in [0.1, 0.15) is 37.1 Å². The number of nitrogens with zero attached hydrogens (tertiary/aromatic N) is 1. The number of esters is 1. The molecule has 1 heterocycles. The van der Waals surface area contributed by atoms with Gasteiger partial charge < -0.3 is 14.5 Å². The Morgan fingerprint density at radius 3 is 2.80 bits per heavy atom. The van der Waals surface area contributed by atoms with E-state index < -0.39 is 11.6 Å². The molecule has 0 unspecified atom stereocenters. The van der Waals surface area contributed by atoms with Crippen LogP contribution in [0.4, 0.5) is 0 Å². The van der Waals surface area contributed by atoms with Crippen LogP contribution >= 0.6 is 0 Å². The molecule has 0 bridgehead atoms. The molecule has 0 radical (unpaired) electrons. The fraction of sp³-hybridized carbons (Fsp3) is 0.600. The summed E-state index contributed by atoms with van der Waals surface area (Å²) in [5.41, 5.74) is -0.193. The summed E-state index contributed by atoms with van der Waals surface area (Å²) in [6.07, 6.45) is 1.45. The zero-order valence-electron chi connectivity index (χ0n) is 9.46. The van der Waals surface area contributed by atoms with Gasteiger partial charge >= 0.3 is 5.97 Å². The number of imidazole rings is 1. The highest BCUT2D eigenvalue weighted by Crippen LogP contribution is 2.21. The maximum Gasteiger partial charge on any atom is 0.356 e. The van der Waals surface area contributed by atoms with E-state index in [0.717, 1.165) is 0 Å². The van der Waals surface area contributed by atoms with Gasteiger partial charge in [-0.1, -0.05) is 0 Å². The molecule has 0 aliphatic rings. The maximum atomic E-state index is 11.2. The zero-order valence-corrected chi connectivity index (χ0v) is 9.46. The average molecular weight is 212 g/mol. The molecule has 1 aromatic heterocycles. The summed E-state index contributed by atoms with van der Waals surface area (Å²) in [5, 5.41) is 0. The second-order valence-corrected chi connectivity index (χ2v) is 3.58. The van der Waals surface area contributed by atoms with Crippen LogP contribution in [0.15, 0.2) is 6.20 Å². The topological polar surface area (TPSA) is 64.2 Å². The Kier molecular flexibility index (Phi) is 3.47. The number of hydrogen-bond donors (Lipinski definition) is 1. The van der Waals surface area contributed by atoms with Crippen LogP contribution in [-0.4, -0.2) is 29.7 Å². The number of aromatic nitrogens is 2. The normalized spacial score (nSPS) is 11.5. The van der Waals surface area contributed by atoms with Crippen molar-refractivity contribution in [2.45, 2.75) is 26.4 Å². The number of rotatable bonds is 4. The van der Waals surface area contributed by atoms with Crippen LogP contribution in [-0.2, 0) is 15.1 Å². The van der Waals surface area contributed by atoms with Crippen molar-refractivity contribution in [1.82, 2.24) is 9.97 Å². The van der Waals surface area contributed by atoms with Crippen molar-refractivity contribution >= 4 is 5.97 Å². The van der Waals surface area contributed by atoms with Gasteiger partial charge in [-0.15, -0.1) is 0 Å². The summed E-state index contributed by atoms with van der Waals surface area (Å²) in [4.78, 5) is 18.1. The second-order valence-electron chi connectivity index (χ2n) is 3.58. The largest absolute Gasteiger partial charge is 0.464 e. The summed E-state index contributed by atoms with van der Waals surface area (Å²) in [6, 6.07) is 0. The lowest BCUT2D eigenvalue weighted by Gasteiger charge is -2.21. The molecule has 0 aliphatic carbocycles. The van der Waals surface area contributed by atoms with Crippen molar-refractivity contribution in [3.63, 3.8) is 0 Å². The molecule has 1 rings (SSSR count). The van der Waals surface area contributed by atoms with Gasteiger partial charge in [0.1, 0.15) is 17.1 Å². The van der Waals surface area contributed by atoms with E-state index in [1.807, 2.05) is 20.8 Å². The van der Waals surface area contributed by atoms with E-state index in [4.69, 9.17) is 4.74 Å². The molecule has 0 amide bonds. The number of hydrogen-bond acceptors (Lipinski definition) is 4. The van der Waals surface area contributed by atoms with Crippen LogP contribution in [0.3, 0.4) is 0 Å². The monoisotopic (exact) mass is 212 g/mol. The summed E-state index contributed by atoms with van der Waals surface area (Å²) in [6.45, 7) is 6.26. The first-order chi connectivity index (χ1) is 7.01. The van der Waals surface area contributed by atoms with E-state index >= 15 is 0 Å². The van der Waals surface area contributed by atoms with Gasteiger partial charge in [-0.25, -0.2) is 9.78 Å². The van der Waals surface area contributed by atoms with Crippen molar-refractivity contribution in [3.05, 3.63) is 17.7 Å². The van der Waals surface area contributed by atoms with E-state index in [0.29, 0.717) is 18.1 Å². The molecule has 0 fully saturated rings. The predicted molar refractivity (Wildman–Crippen MR) is 54.6 cm³/mol. The van der Waals surface area contributed by atoms with E-state index in [-0.39, 0.29) is 0 Å². The van der Waals surface area contributed by atoms with Gasteiger partial charge in [0.05, 0.1) is 13.3 Å². The van der Waals surface area contributed by atoms with E-state index in [1.54, 1.807) is 0 Å². The first-order valence-corrected chi connectivity index (χ1v) is 4.79. The van der Waals surface area contributed by atoms with Gasteiger partial charge in [-0.05, 0) is 20.8 Å². The van der Waals surface area contributed by atoms with Gasteiger partial charge in [-0.2, -0.15) is 0 Å². The number of ether oxygens (including phenoxy) is 2. The highest BCUT2D eigenvalue weighted by molar-refractivity contribution is 5.86. The second kappa shape index (κ2) is 4.44. The number of carbonyl (C=O) groups is 1. The minimum atomic E-state index is -0.527. The number of H-pyrrole nitrogens is 1. The molecule has 0 aliphatic heterocycles. The van der Waals surface area contributed by atoms with Crippen LogP contribution in [0.25, 0.3) is 0 Å². The average Bonchev–Trinajstić information content (AvgIpc) is 2.66. The molecule has 0 atom stereocenters. The first-order valence-electron chi connectivity index (χ1n) is 4.79. The number of aromatic amines is 1. The minimum absolute atomic E-state index is 0.334. The third-order valence-corrected chi connectivity index (χ3v) is 2.06. The molecular formula is C10H16N2O3. The third kappa shape index (κ3) is 2.56. The Hall–Kier alpha value is -1.36. The van der Waals surface area contributed by atoms with Crippen LogP contribution < -0.4 is 0 Å². The summed E-state index contributed by atoms with van der Waals surface area (Å²) >= 11 is 0. The lowest BCUT2D eigenvalue weighted by Crippen LogP contribution is -2.23. The zero-order chi connectivity index (χ0) is 11.5. The minimum Gasteiger partial charge on any atom is -0.464 e.